The van der Waals surface area contributed by atoms with E-state index in [0.29, 0.717) is 35.4 Å². The van der Waals surface area contributed by atoms with Crippen LogP contribution in [0.25, 0.3) is 73.9 Å². The van der Waals surface area contributed by atoms with E-state index in [1.54, 1.807) is 0 Å². The third-order valence-electron chi connectivity index (χ3n) is 17.3. The first-order chi connectivity index (χ1) is 63.3. The number of pyridine rings is 4. The summed E-state index contributed by atoms with van der Waals surface area (Å²) in [5.74, 6) is -27.5. The minimum atomic E-state index is -3.41. The van der Waals surface area contributed by atoms with Gasteiger partial charge in [0.25, 0.3) is 6.43 Å². The van der Waals surface area contributed by atoms with Crippen molar-refractivity contribution in [3.8, 4) is 79.3 Å². The van der Waals surface area contributed by atoms with Crippen molar-refractivity contribution < 1.29 is 157 Å². The highest BCUT2D eigenvalue weighted by Gasteiger charge is 2.32. The number of esters is 4. The number of amides is 1. The van der Waals surface area contributed by atoms with Gasteiger partial charge in [0, 0.05) is 39.4 Å². The molecule has 708 valence electrons. The fraction of sp³-hybridized carbons (Fsp3) is 0.0976. The fourth-order valence-corrected chi connectivity index (χ4v) is 11.5. The third-order valence-corrected chi connectivity index (χ3v) is 18.9. The molecule has 0 aliphatic carbocycles. The number of ether oxygens (including phenoxy) is 6. The van der Waals surface area contributed by atoms with Crippen molar-refractivity contribution in [3.05, 3.63) is 261 Å². The summed E-state index contributed by atoms with van der Waals surface area (Å²) in [5.41, 5.74) is 28.1. The number of carbonyl (C=O) groups excluding carboxylic acids is 5. The molecule has 0 spiro atoms. The highest BCUT2D eigenvalue weighted by Crippen LogP contribution is 2.41. The number of aromatic carboxylic acids is 3. The number of nitrogens with zero attached hydrogens (tertiary/aromatic N) is 8. The van der Waals surface area contributed by atoms with E-state index in [2.05, 4.69) is 70.1 Å². The third kappa shape index (κ3) is 24.0. The van der Waals surface area contributed by atoms with Crippen molar-refractivity contribution in [1.29, 1.82) is 0 Å². The van der Waals surface area contributed by atoms with Gasteiger partial charge >= 0.3 is 48.4 Å². The van der Waals surface area contributed by atoms with Crippen molar-refractivity contribution in [3.63, 3.8) is 0 Å². The number of alkyl halides is 4. The van der Waals surface area contributed by atoms with Crippen LogP contribution in [0.3, 0.4) is 0 Å². The number of carbonyl (C=O) groups is 8. The maximum atomic E-state index is 14.3. The number of anilines is 6. The van der Waals surface area contributed by atoms with Crippen LogP contribution in [0.1, 0.15) is 107 Å². The quantitative estimate of drug-likeness (QED) is 0.0156. The topological polar surface area (TPSA) is 538 Å². The van der Waals surface area contributed by atoms with E-state index < -0.39 is 249 Å². The first kappa shape index (κ1) is 106. The zero-order chi connectivity index (χ0) is 101. The van der Waals surface area contributed by atoms with Gasteiger partial charge in [0.1, 0.15) is 57.7 Å². The maximum absolute atomic E-state index is 14.3. The number of carboxylic acid groups (broad SMARTS) is 3. The number of carboxylic acids is 3. The predicted octanol–water partition coefficient (Wildman–Crippen LogP) is 17.0. The Labute approximate surface area is 763 Å². The molecule has 0 bridgehead atoms. The van der Waals surface area contributed by atoms with Crippen LogP contribution in [0.2, 0.25) is 20.1 Å². The lowest BCUT2D eigenvalue weighted by atomic mass is 10.1. The molecule has 0 unspecified atom stereocenters. The monoisotopic (exact) mass is 1990 g/mol. The number of benzene rings is 6. The molecule has 0 aliphatic rings. The van der Waals surface area contributed by atoms with Gasteiger partial charge in [0.05, 0.1) is 101 Å². The van der Waals surface area contributed by atoms with Gasteiger partial charge in [-0.25, -0.2) is 139 Å². The van der Waals surface area contributed by atoms with Gasteiger partial charge < -0.3 is 83.9 Å². The van der Waals surface area contributed by atoms with E-state index in [9.17, 15) is 113 Å². The summed E-state index contributed by atoms with van der Waals surface area (Å²) in [5, 5.41) is 24.9. The number of methoxy groups -OCH3 is 5. The Bertz CT molecular complexity index is 6750. The van der Waals surface area contributed by atoms with Crippen LogP contribution < -0.4 is 49.6 Å². The maximum Gasteiger partial charge on any atom is 0.387 e. The van der Waals surface area contributed by atoms with Crippen LogP contribution in [-0.4, -0.2) is 145 Å². The predicted molar refractivity (Wildman–Crippen MR) is 447 cm³/mol. The van der Waals surface area contributed by atoms with E-state index in [-0.39, 0.29) is 78.5 Å². The molecule has 0 saturated heterocycles. The zero-order valence-corrected chi connectivity index (χ0v) is 71.3. The van der Waals surface area contributed by atoms with Crippen LogP contribution in [0, 0.1) is 82.5 Å². The molecular formula is C82H56Cl4F17N15O17. The van der Waals surface area contributed by atoms with Gasteiger partial charge in [-0.2, -0.15) is 8.78 Å². The Morgan fingerprint density at radius 1 is 0.385 bits per heavy atom. The molecule has 135 heavy (non-hydrogen) atoms. The van der Waals surface area contributed by atoms with Crippen molar-refractivity contribution in [2.45, 2.75) is 20.0 Å². The molecule has 53 heteroatoms. The molecule has 0 atom stereocenters. The molecule has 0 aliphatic heterocycles. The molecule has 0 saturated carbocycles. The molecule has 17 N–H and O–H groups in total. The van der Waals surface area contributed by atoms with Gasteiger partial charge in [0.2, 0.25) is 5.91 Å². The Morgan fingerprint density at radius 3 is 1.18 bits per heavy atom. The normalized spacial score (nSPS) is 10.6. The number of nitrogens with two attached hydrogens (primary N) is 7. The Kier molecular flexibility index (Phi) is 35.5. The number of aryl methyl sites for hydroxylation is 1. The summed E-state index contributed by atoms with van der Waals surface area (Å²) >= 11 is 22.7. The minimum absolute atomic E-state index is 0.0112. The molecule has 6 aromatic carbocycles. The molecule has 12 aromatic rings. The number of primary amides is 1. The van der Waals surface area contributed by atoms with E-state index >= 15 is 0 Å². The van der Waals surface area contributed by atoms with Gasteiger partial charge in [0.15, 0.2) is 110 Å². The number of nitrogen functional groups attached to an aromatic ring is 6. The van der Waals surface area contributed by atoms with Gasteiger partial charge in [-0.15, -0.1) is 0 Å². The molecule has 12 rings (SSSR count). The van der Waals surface area contributed by atoms with Crippen LogP contribution in [0.4, 0.5) is 109 Å². The van der Waals surface area contributed by atoms with Crippen molar-refractivity contribution in [1.82, 2.24) is 39.9 Å². The Morgan fingerprint density at radius 2 is 0.763 bits per heavy atom. The smallest absolute Gasteiger partial charge is 0.387 e. The largest absolute Gasteiger partial charge is 0.491 e. The fourth-order valence-electron chi connectivity index (χ4n) is 10.7. The number of rotatable bonds is 19. The molecular weight excluding hydrogens is 1930 g/mol. The van der Waals surface area contributed by atoms with Gasteiger partial charge in [-0.05, 0) is 79.2 Å². The second kappa shape index (κ2) is 45.2. The summed E-state index contributed by atoms with van der Waals surface area (Å²) in [6.45, 7) is 1.29. The number of aromatic nitrogens is 8. The molecule has 32 nitrogen and oxygen atoms in total. The molecule has 6 aromatic heterocycles. The highest BCUT2D eigenvalue weighted by atomic mass is 35.5. The second-order valence-electron chi connectivity index (χ2n) is 25.6. The van der Waals surface area contributed by atoms with Crippen molar-refractivity contribution in [2.24, 2.45) is 5.73 Å². The van der Waals surface area contributed by atoms with E-state index in [0.717, 1.165) is 45.6 Å². The van der Waals surface area contributed by atoms with Crippen LogP contribution >= 0.6 is 46.4 Å². The van der Waals surface area contributed by atoms with Gasteiger partial charge in [-0.1, -0.05) is 83.3 Å². The molecule has 1 amide bonds. The van der Waals surface area contributed by atoms with Crippen LogP contribution in [-0.2, 0) is 18.9 Å². The summed E-state index contributed by atoms with van der Waals surface area (Å²) in [7, 11) is 5.79. The van der Waals surface area contributed by atoms with Crippen LogP contribution in [0.15, 0.2) is 104 Å². The first-order valence-electron chi connectivity index (χ1n) is 35.7. The van der Waals surface area contributed by atoms with Crippen molar-refractivity contribution >= 4 is 135 Å². The van der Waals surface area contributed by atoms with E-state index in [1.165, 1.54) is 69.7 Å². The number of hydrogen-bond donors (Lipinski definition) is 10. The molecule has 0 fully saturated rings. The van der Waals surface area contributed by atoms with Crippen LogP contribution in [0.5, 0.6) is 11.5 Å². The average Bonchev–Trinajstić information content (AvgIpc) is 0.804. The second-order valence-corrected chi connectivity index (χ2v) is 27.1. The summed E-state index contributed by atoms with van der Waals surface area (Å²) in [6.07, 6.45) is -2.06. The van der Waals surface area contributed by atoms with E-state index in [1.807, 2.05) is 0 Å². The zero-order valence-electron chi connectivity index (χ0n) is 68.3. The number of halogens is 21. The lowest BCUT2D eigenvalue weighted by molar-refractivity contribution is -0.0524. The summed E-state index contributed by atoms with van der Waals surface area (Å²) in [4.78, 5) is 120. The SMILES string of the molecule is C=Cc1c(N)nc(-c2ccc(F)c(F)c2F)nc1C(=O)O.COC(=O)c1ccc(-c2nc(C(=O)OC)c(Cl)c(N)c2F)cc1.COC(=O)c1nc(-c2cc(F)c(C(F)F)cc2F)nc(N)c1OC.COC(=O)c1nc(-c2ccc(C(N)=O)cc2)c(F)c(N)c1Cl.Cc1cc(F)c(-c2nc(C(=O)O)c(Cl)c(N)c2F)cc1F.Nc1c(F)c(-c2cc(F)c(OC(F)F)cc2F)nc(C(=O)O)c1Cl. The number of hydrogen-bond acceptors (Lipinski definition) is 28. The van der Waals surface area contributed by atoms with Crippen molar-refractivity contribution in [2.75, 3.05) is 70.0 Å². The first-order valence-corrected chi connectivity index (χ1v) is 37.3. The standard InChI is InChI=1S/C15H12ClFN2O4.C14H11ClFN3O3.C14H11F4N3O3.C13H6ClF5N2O3.C13H8ClF3N2O2.C13H8F3N3O2/c1-22-14(20)8-5-3-7(4-6-8)12-10(17)11(18)9(16)13(19-12)15(21)23-2;1-22-14(21)12-8(15)10(17)9(16)11(19-12)6-2-4-7(5-3-6)13(18)20;1-23-10-9(14(22)24-2)20-13(21-12(10)19)6-4-7(15)5(11(17)18)3-8(6)16;14-7-9(20)8(17)10(21-11(7)12(22)23)3-1-5(16)6(2-4(3)15)24-13(18)19;1-4-2-7(16)5(3-6(4)15)11-9(17)10(18)8(14)12(19-11)13(20)21;1-2-5-10(13(20)21)18-12(19-11(5)17)6-3-4-7(14)9(16)8(6)15/h3-6H,1-2H3,(H2,18,19);2-5H,1H3,(H2,17,19)(H2,18,20);3-4,11H,1-2H3,(H2,19,20,21);1-2,13H,(H2,20,21)(H,22,23);2-3H,1H3,(H2,18,19)(H,20,21);2-4H,1H2,(H,20,21)(H2,17,18,19). The van der Waals surface area contributed by atoms with E-state index in [4.69, 9.17) is 107 Å². The average molecular weight is 1990 g/mol. The minimum Gasteiger partial charge on any atom is -0.491 e. The lowest BCUT2D eigenvalue weighted by Gasteiger charge is -2.12. The summed E-state index contributed by atoms with van der Waals surface area (Å²) < 4.78 is 255. The Hall–Kier alpha value is -16.1. The lowest BCUT2D eigenvalue weighted by Crippen LogP contribution is -2.12. The Balaban J connectivity index is 0.000000221. The highest BCUT2D eigenvalue weighted by molar-refractivity contribution is 6.37. The molecule has 6 heterocycles. The van der Waals surface area contributed by atoms with Gasteiger partial charge in [-0.3, -0.25) is 4.79 Å². The molecule has 0 radical (unpaired) electrons. The summed E-state index contributed by atoms with van der Waals surface area (Å²) in [6, 6.07) is 16.0.